The van der Waals surface area contributed by atoms with Crippen molar-refractivity contribution < 1.29 is 14.7 Å². The third-order valence-corrected chi connectivity index (χ3v) is 3.24. The molecular weight excluding hydrogens is 244 g/mol. The first-order valence-corrected chi connectivity index (χ1v) is 6.34. The first-order valence-electron chi connectivity index (χ1n) is 6.34. The average Bonchev–Trinajstić information content (AvgIpc) is 2.34. The predicted molar refractivity (Wildman–Crippen MR) is 72.1 cm³/mol. The summed E-state index contributed by atoms with van der Waals surface area (Å²) in [4.78, 5) is 27.5. The molecule has 1 rings (SSSR count). The molecule has 0 bridgehead atoms. The highest BCUT2D eigenvalue weighted by atomic mass is 16.4. The molecule has 0 saturated heterocycles. The van der Waals surface area contributed by atoms with Gasteiger partial charge in [0.25, 0.3) is 5.91 Å². The maximum atomic E-state index is 12.1. The number of nitrogens with zero attached hydrogens (tertiary/aromatic N) is 1. The lowest BCUT2D eigenvalue weighted by Gasteiger charge is -2.20. The van der Waals surface area contributed by atoms with E-state index in [0.717, 1.165) is 5.69 Å². The Kier molecular flexibility index (Phi) is 5.03. The minimum absolute atomic E-state index is 0.125. The van der Waals surface area contributed by atoms with E-state index in [2.05, 4.69) is 10.3 Å². The summed E-state index contributed by atoms with van der Waals surface area (Å²) in [7, 11) is 0. The van der Waals surface area contributed by atoms with E-state index in [-0.39, 0.29) is 5.92 Å². The molecule has 0 spiro atoms. The Morgan fingerprint density at radius 3 is 2.47 bits per heavy atom. The van der Waals surface area contributed by atoms with Crippen LogP contribution in [0.25, 0.3) is 0 Å². The number of amides is 1. The summed E-state index contributed by atoms with van der Waals surface area (Å²) in [6, 6.07) is 2.53. The highest BCUT2D eigenvalue weighted by Crippen LogP contribution is 2.11. The first kappa shape index (κ1) is 15.1. The van der Waals surface area contributed by atoms with Gasteiger partial charge in [0.1, 0.15) is 6.04 Å². The van der Waals surface area contributed by atoms with Gasteiger partial charge >= 0.3 is 5.97 Å². The van der Waals surface area contributed by atoms with Gasteiger partial charge in [-0.05, 0) is 31.9 Å². The molecule has 5 heteroatoms. The monoisotopic (exact) mass is 264 g/mol. The Morgan fingerprint density at radius 2 is 2.00 bits per heavy atom. The minimum atomic E-state index is -1.01. The van der Waals surface area contributed by atoms with E-state index < -0.39 is 17.9 Å². The standard InChI is InChI=1S/C14H20N2O3/c1-5-8(2)12(14(18)19)16-13(17)11-7-6-9(3)15-10(11)4/h6-8,12H,5H2,1-4H3,(H,16,17)(H,18,19). The number of carbonyl (C=O) groups is 2. The molecule has 2 N–H and O–H groups in total. The topological polar surface area (TPSA) is 79.3 Å². The lowest BCUT2D eigenvalue weighted by molar-refractivity contribution is -0.140. The predicted octanol–water partition coefficient (Wildman–Crippen LogP) is 1.93. The van der Waals surface area contributed by atoms with Crippen LogP contribution in [0.5, 0.6) is 0 Å². The average molecular weight is 264 g/mol. The van der Waals surface area contributed by atoms with Gasteiger partial charge in [0.05, 0.1) is 11.3 Å². The van der Waals surface area contributed by atoms with Gasteiger partial charge in [-0.1, -0.05) is 20.3 Å². The molecule has 0 aliphatic carbocycles. The number of aromatic nitrogens is 1. The summed E-state index contributed by atoms with van der Waals surface area (Å²) in [5.41, 5.74) is 1.84. The molecule has 1 heterocycles. The van der Waals surface area contributed by atoms with Crippen molar-refractivity contribution in [2.75, 3.05) is 0 Å². The normalized spacial score (nSPS) is 13.7. The third-order valence-electron chi connectivity index (χ3n) is 3.24. The molecule has 0 aromatic carbocycles. The van der Waals surface area contributed by atoms with Crippen molar-refractivity contribution in [3.63, 3.8) is 0 Å². The summed E-state index contributed by atoms with van der Waals surface area (Å²) < 4.78 is 0. The Bertz CT molecular complexity index is 486. The molecule has 1 aromatic rings. The lowest BCUT2D eigenvalue weighted by atomic mass is 9.99. The lowest BCUT2D eigenvalue weighted by Crippen LogP contribution is -2.45. The third kappa shape index (κ3) is 3.77. The molecule has 2 atom stereocenters. The smallest absolute Gasteiger partial charge is 0.326 e. The van der Waals surface area contributed by atoms with Crippen LogP contribution in [0.4, 0.5) is 0 Å². The fourth-order valence-corrected chi connectivity index (χ4v) is 1.83. The molecule has 0 aliphatic heterocycles. The number of carboxylic acid groups (broad SMARTS) is 1. The number of aliphatic carboxylic acids is 1. The highest BCUT2D eigenvalue weighted by molar-refractivity contribution is 5.97. The molecule has 2 unspecified atom stereocenters. The molecule has 0 radical (unpaired) electrons. The zero-order valence-electron chi connectivity index (χ0n) is 11.7. The van der Waals surface area contributed by atoms with E-state index in [9.17, 15) is 9.59 Å². The van der Waals surface area contributed by atoms with Crippen LogP contribution in [-0.4, -0.2) is 28.0 Å². The van der Waals surface area contributed by atoms with Crippen LogP contribution in [0, 0.1) is 19.8 Å². The molecule has 19 heavy (non-hydrogen) atoms. The summed E-state index contributed by atoms with van der Waals surface area (Å²) in [5.74, 6) is -1.53. The number of pyridine rings is 1. The van der Waals surface area contributed by atoms with Gasteiger partial charge in [-0.3, -0.25) is 9.78 Å². The molecule has 104 valence electrons. The van der Waals surface area contributed by atoms with Crippen LogP contribution in [0.1, 0.15) is 42.0 Å². The highest BCUT2D eigenvalue weighted by Gasteiger charge is 2.26. The SMILES string of the molecule is CCC(C)C(NC(=O)c1ccc(C)nc1C)C(=O)O. The zero-order valence-corrected chi connectivity index (χ0v) is 11.7. The Morgan fingerprint density at radius 1 is 1.37 bits per heavy atom. The van der Waals surface area contributed by atoms with E-state index in [1.54, 1.807) is 26.0 Å². The van der Waals surface area contributed by atoms with Crippen molar-refractivity contribution in [3.05, 3.63) is 29.1 Å². The van der Waals surface area contributed by atoms with E-state index in [4.69, 9.17) is 5.11 Å². The van der Waals surface area contributed by atoms with Crippen LogP contribution >= 0.6 is 0 Å². The van der Waals surface area contributed by atoms with Gasteiger partial charge < -0.3 is 10.4 Å². The van der Waals surface area contributed by atoms with Crippen molar-refractivity contribution >= 4 is 11.9 Å². The van der Waals surface area contributed by atoms with E-state index in [1.165, 1.54) is 0 Å². The molecule has 0 fully saturated rings. The fourth-order valence-electron chi connectivity index (χ4n) is 1.83. The molecule has 1 aromatic heterocycles. The van der Waals surface area contributed by atoms with Crippen LogP contribution in [-0.2, 0) is 4.79 Å². The Hall–Kier alpha value is -1.91. The number of rotatable bonds is 5. The van der Waals surface area contributed by atoms with Crippen molar-refractivity contribution in [1.29, 1.82) is 0 Å². The van der Waals surface area contributed by atoms with Gasteiger partial charge in [-0.25, -0.2) is 4.79 Å². The van der Waals surface area contributed by atoms with Gasteiger partial charge in [0.15, 0.2) is 0 Å². The maximum absolute atomic E-state index is 12.1. The van der Waals surface area contributed by atoms with Crippen molar-refractivity contribution in [3.8, 4) is 0 Å². The zero-order chi connectivity index (χ0) is 14.6. The summed E-state index contributed by atoms with van der Waals surface area (Å²) in [6.07, 6.45) is 0.683. The van der Waals surface area contributed by atoms with Gasteiger partial charge in [-0.2, -0.15) is 0 Å². The Balaban J connectivity index is 2.91. The van der Waals surface area contributed by atoms with Crippen molar-refractivity contribution in [1.82, 2.24) is 10.3 Å². The maximum Gasteiger partial charge on any atom is 0.326 e. The number of nitrogens with one attached hydrogen (secondary N) is 1. The first-order chi connectivity index (χ1) is 8.86. The molecule has 0 saturated carbocycles. The number of hydrogen-bond donors (Lipinski definition) is 2. The molecular formula is C14H20N2O3. The molecule has 1 amide bonds. The van der Waals surface area contributed by atoms with Crippen LogP contribution < -0.4 is 5.32 Å². The van der Waals surface area contributed by atoms with Gasteiger partial charge in [0, 0.05) is 5.69 Å². The molecule has 5 nitrogen and oxygen atoms in total. The Labute approximate surface area is 113 Å². The van der Waals surface area contributed by atoms with Crippen LogP contribution in [0.3, 0.4) is 0 Å². The van der Waals surface area contributed by atoms with E-state index in [1.807, 2.05) is 13.8 Å². The van der Waals surface area contributed by atoms with Gasteiger partial charge in [0.2, 0.25) is 0 Å². The number of carbonyl (C=O) groups excluding carboxylic acids is 1. The van der Waals surface area contributed by atoms with Gasteiger partial charge in [-0.15, -0.1) is 0 Å². The van der Waals surface area contributed by atoms with Crippen molar-refractivity contribution in [2.45, 2.75) is 40.2 Å². The number of hydrogen-bond acceptors (Lipinski definition) is 3. The second-order valence-corrected chi connectivity index (χ2v) is 4.76. The van der Waals surface area contributed by atoms with Crippen LogP contribution in [0.2, 0.25) is 0 Å². The van der Waals surface area contributed by atoms with E-state index in [0.29, 0.717) is 17.7 Å². The summed E-state index contributed by atoms with van der Waals surface area (Å²) in [6.45, 7) is 7.28. The fraction of sp³-hybridized carbons (Fsp3) is 0.500. The second kappa shape index (κ2) is 6.31. The van der Waals surface area contributed by atoms with Crippen molar-refractivity contribution in [2.24, 2.45) is 5.92 Å². The largest absolute Gasteiger partial charge is 0.480 e. The minimum Gasteiger partial charge on any atom is -0.480 e. The molecule has 0 aliphatic rings. The number of aryl methyl sites for hydroxylation is 2. The summed E-state index contributed by atoms with van der Waals surface area (Å²) in [5, 5.41) is 11.7. The van der Waals surface area contributed by atoms with Crippen LogP contribution in [0.15, 0.2) is 12.1 Å². The number of carboxylic acids is 1. The summed E-state index contributed by atoms with van der Waals surface area (Å²) >= 11 is 0. The van der Waals surface area contributed by atoms with E-state index >= 15 is 0 Å². The quantitative estimate of drug-likeness (QED) is 0.851. The second-order valence-electron chi connectivity index (χ2n) is 4.76.